The molecule has 0 unspecified atom stereocenters. The summed E-state index contributed by atoms with van der Waals surface area (Å²) in [7, 11) is 0. The highest BCUT2D eigenvalue weighted by atomic mass is 19.1. The number of carbonyl (C=O) groups excluding carboxylic acids is 2. The van der Waals surface area contributed by atoms with Crippen LogP contribution < -0.4 is 11.1 Å². The number of nitrogens with two attached hydrogens (primary N) is 1. The molecule has 3 N–H and O–H groups in total. The molecule has 2 aromatic carbocycles. The monoisotopic (exact) mass is 497 g/mol. The van der Waals surface area contributed by atoms with E-state index in [1.54, 1.807) is 6.07 Å². The smallest absolute Gasteiger partial charge is 0.246 e. The Morgan fingerprint density at radius 2 is 2.06 bits per heavy atom. The molecule has 1 heterocycles. The van der Waals surface area contributed by atoms with Crippen molar-refractivity contribution in [1.82, 2.24) is 10.2 Å². The molecule has 4 rings (SSSR count). The van der Waals surface area contributed by atoms with E-state index < -0.39 is 12.2 Å². The summed E-state index contributed by atoms with van der Waals surface area (Å²) in [6.07, 6.45) is 1.03. The molecule has 0 bridgehead atoms. The van der Waals surface area contributed by atoms with E-state index in [-0.39, 0.29) is 36.2 Å². The summed E-state index contributed by atoms with van der Waals surface area (Å²) in [6.45, 7) is 5.19. The van der Waals surface area contributed by atoms with Crippen LogP contribution in [-0.2, 0) is 19.1 Å². The van der Waals surface area contributed by atoms with Crippen LogP contribution in [-0.4, -0.2) is 61.7 Å². The van der Waals surface area contributed by atoms with Gasteiger partial charge in [-0.15, -0.1) is 0 Å². The van der Waals surface area contributed by atoms with E-state index in [0.29, 0.717) is 43.8 Å². The van der Waals surface area contributed by atoms with Crippen molar-refractivity contribution in [3.8, 4) is 11.1 Å². The molecule has 2 aliphatic rings. The normalized spacial score (nSPS) is 22.9. The van der Waals surface area contributed by atoms with Gasteiger partial charge in [-0.2, -0.15) is 0 Å². The van der Waals surface area contributed by atoms with Crippen LogP contribution in [0.2, 0.25) is 0 Å². The van der Waals surface area contributed by atoms with Gasteiger partial charge in [0.25, 0.3) is 0 Å². The molecule has 2 fully saturated rings. The molecule has 1 aliphatic heterocycles. The van der Waals surface area contributed by atoms with Crippen LogP contribution in [0.5, 0.6) is 0 Å². The molecule has 1 saturated carbocycles. The van der Waals surface area contributed by atoms with Gasteiger partial charge >= 0.3 is 0 Å². The lowest BCUT2D eigenvalue weighted by Gasteiger charge is -2.38. The molecule has 4 atom stereocenters. The highest BCUT2D eigenvalue weighted by Crippen LogP contribution is 2.37. The van der Waals surface area contributed by atoms with Crippen LogP contribution in [0.15, 0.2) is 42.5 Å². The number of halogens is 1. The lowest BCUT2D eigenvalue weighted by Crippen LogP contribution is -2.50. The Labute approximate surface area is 212 Å². The van der Waals surface area contributed by atoms with Gasteiger partial charge in [-0.05, 0) is 50.3 Å². The number of nitrogens with zero attached hydrogens (tertiary/aromatic N) is 1. The van der Waals surface area contributed by atoms with Gasteiger partial charge in [0.15, 0.2) is 0 Å². The number of carbonyl (C=O) groups is 2. The topological polar surface area (TPSA) is 93.9 Å². The van der Waals surface area contributed by atoms with E-state index in [1.165, 1.54) is 6.07 Å². The van der Waals surface area contributed by atoms with Crippen molar-refractivity contribution in [2.75, 3.05) is 32.8 Å². The average molecular weight is 498 g/mol. The number of morpholine rings is 1. The molecule has 0 spiro atoms. The summed E-state index contributed by atoms with van der Waals surface area (Å²) >= 11 is 0. The van der Waals surface area contributed by atoms with Gasteiger partial charge in [0.2, 0.25) is 11.8 Å². The van der Waals surface area contributed by atoms with E-state index in [1.807, 2.05) is 49.1 Å². The molecule has 8 heteroatoms. The minimum Gasteiger partial charge on any atom is -0.371 e. The predicted molar refractivity (Wildman–Crippen MR) is 136 cm³/mol. The van der Waals surface area contributed by atoms with Crippen LogP contribution in [0.3, 0.4) is 0 Å². The van der Waals surface area contributed by atoms with E-state index in [4.69, 9.17) is 15.2 Å². The maximum Gasteiger partial charge on any atom is 0.246 e. The van der Waals surface area contributed by atoms with Crippen molar-refractivity contribution in [2.45, 2.75) is 51.4 Å². The SMILES string of the molecule is CCNC(=O)CO[C@@H](c1cccc(F)c1-c1cccc(C)c1)[C@H]1CN(C(=O)[C@@H]2CC[C@H](N)C2)CCO1. The fourth-order valence-corrected chi connectivity index (χ4v) is 5.25. The number of rotatable bonds is 8. The molecule has 2 aromatic rings. The first-order valence-electron chi connectivity index (χ1n) is 12.8. The third-order valence-electron chi connectivity index (χ3n) is 6.99. The third-order valence-corrected chi connectivity index (χ3v) is 6.99. The Bertz CT molecular complexity index is 1080. The molecule has 194 valence electrons. The van der Waals surface area contributed by atoms with Crippen LogP contribution >= 0.6 is 0 Å². The van der Waals surface area contributed by atoms with Gasteiger partial charge in [0.05, 0.1) is 6.61 Å². The van der Waals surface area contributed by atoms with Crippen molar-refractivity contribution in [1.29, 1.82) is 0 Å². The summed E-state index contributed by atoms with van der Waals surface area (Å²) in [5.74, 6) is -0.643. The number of hydrogen-bond donors (Lipinski definition) is 2. The zero-order valence-corrected chi connectivity index (χ0v) is 21.0. The van der Waals surface area contributed by atoms with E-state index in [0.717, 1.165) is 24.0 Å². The highest BCUT2D eigenvalue weighted by Gasteiger charge is 2.37. The van der Waals surface area contributed by atoms with Crippen molar-refractivity contribution in [3.05, 3.63) is 59.4 Å². The van der Waals surface area contributed by atoms with Crippen LogP contribution in [0, 0.1) is 18.7 Å². The second kappa shape index (κ2) is 12.0. The maximum atomic E-state index is 15.3. The molecule has 1 saturated heterocycles. The zero-order valence-electron chi connectivity index (χ0n) is 21.0. The number of amides is 2. The fourth-order valence-electron chi connectivity index (χ4n) is 5.25. The van der Waals surface area contributed by atoms with Gasteiger partial charge in [-0.3, -0.25) is 9.59 Å². The van der Waals surface area contributed by atoms with Crippen molar-refractivity contribution in [2.24, 2.45) is 11.7 Å². The summed E-state index contributed by atoms with van der Waals surface area (Å²) in [5.41, 5.74) is 8.77. The Morgan fingerprint density at radius 3 is 2.78 bits per heavy atom. The zero-order chi connectivity index (χ0) is 25.7. The van der Waals surface area contributed by atoms with Gasteiger partial charge < -0.3 is 25.4 Å². The van der Waals surface area contributed by atoms with Gasteiger partial charge in [-0.1, -0.05) is 42.0 Å². The Kier molecular flexibility index (Phi) is 8.72. The molecule has 7 nitrogen and oxygen atoms in total. The van der Waals surface area contributed by atoms with E-state index in [2.05, 4.69) is 5.32 Å². The number of nitrogens with one attached hydrogen (secondary N) is 1. The Morgan fingerprint density at radius 1 is 1.25 bits per heavy atom. The quantitative estimate of drug-likeness (QED) is 0.584. The first-order valence-corrected chi connectivity index (χ1v) is 12.8. The minimum absolute atomic E-state index is 0.0631. The van der Waals surface area contributed by atoms with Gasteiger partial charge in [-0.25, -0.2) is 4.39 Å². The maximum absolute atomic E-state index is 15.3. The molecule has 36 heavy (non-hydrogen) atoms. The second-order valence-corrected chi connectivity index (χ2v) is 9.72. The Balaban J connectivity index is 1.65. The highest BCUT2D eigenvalue weighted by molar-refractivity contribution is 5.79. The summed E-state index contributed by atoms with van der Waals surface area (Å²) in [5, 5.41) is 2.73. The van der Waals surface area contributed by atoms with E-state index in [9.17, 15) is 9.59 Å². The van der Waals surface area contributed by atoms with Gasteiger partial charge in [0, 0.05) is 37.2 Å². The van der Waals surface area contributed by atoms with Crippen LogP contribution in [0.25, 0.3) is 11.1 Å². The number of hydrogen-bond acceptors (Lipinski definition) is 5. The first-order chi connectivity index (χ1) is 17.4. The summed E-state index contributed by atoms with van der Waals surface area (Å²) in [4.78, 5) is 27.3. The first kappa shape index (κ1) is 26.3. The van der Waals surface area contributed by atoms with Crippen LogP contribution in [0.4, 0.5) is 4.39 Å². The molecule has 2 amide bonds. The lowest BCUT2D eigenvalue weighted by molar-refractivity contribution is -0.155. The molecule has 0 aromatic heterocycles. The molecular formula is C28H36FN3O4. The largest absolute Gasteiger partial charge is 0.371 e. The van der Waals surface area contributed by atoms with Gasteiger partial charge in [0.1, 0.15) is 24.6 Å². The number of likely N-dealkylation sites (N-methyl/N-ethyl adjacent to an activating group) is 1. The Hall–Kier alpha value is -2.81. The number of benzene rings is 2. The summed E-state index contributed by atoms with van der Waals surface area (Å²) in [6, 6.07) is 12.5. The number of ether oxygens (including phenoxy) is 2. The molecular weight excluding hydrogens is 461 g/mol. The molecule has 1 aliphatic carbocycles. The minimum atomic E-state index is -0.750. The van der Waals surface area contributed by atoms with Crippen molar-refractivity contribution in [3.63, 3.8) is 0 Å². The van der Waals surface area contributed by atoms with Crippen molar-refractivity contribution >= 4 is 11.8 Å². The molecule has 0 radical (unpaired) electrons. The van der Waals surface area contributed by atoms with Crippen molar-refractivity contribution < 1.29 is 23.5 Å². The summed E-state index contributed by atoms with van der Waals surface area (Å²) < 4.78 is 27.6. The third kappa shape index (κ3) is 6.11. The average Bonchev–Trinajstić information content (AvgIpc) is 3.30. The second-order valence-electron chi connectivity index (χ2n) is 9.72. The van der Waals surface area contributed by atoms with E-state index >= 15 is 4.39 Å². The lowest BCUT2D eigenvalue weighted by atomic mass is 9.91. The fraction of sp³-hybridized carbons (Fsp3) is 0.500. The number of aryl methyl sites for hydroxylation is 1. The predicted octanol–water partition coefficient (Wildman–Crippen LogP) is 3.35. The van der Waals surface area contributed by atoms with Crippen LogP contribution in [0.1, 0.15) is 43.4 Å². The standard InChI is InChI=1S/C28H36FN3O4/c1-3-31-25(33)17-36-27(22-8-5-9-23(29)26(22)19-7-4-6-18(2)14-19)24-16-32(12-13-35-24)28(34)20-10-11-21(30)15-20/h4-9,14,20-21,24,27H,3,10-13,15-17,30H2,1-2H3,(H,31,33)/t20-,21+,24-,27+/m1/s1.